The van der Waals surface area contributed by atoms with Crippen molar-refractivity contribution in [1.82, 2.24) is 15.3 Å². The van der Waals surface area contributed by atoms with E-state index in [1.807, 2.05) is 32.3 Å². The van der Waals surface area contributed by atoms with Gasteiger partial charge in [0.1, 0.15) is 11.6 Å². The summed E-state index contributed by atoms with van der Waals surface area (Å²) in [6.07, 6.45) is 4.50. The van der Waals surface area contributed by atoms with Crippen LogP contribution in [-0.2, 0) is 13.0 Å². The highest BCUT2D eigenvalue weighted by atomic mass is 16.5. The van der Waals surface area contributed by atoms with Gasteiger partial charge in [0.15, 0.2) is 0 Å². The molecular formula is C24H28N6O. The van der Waals surface area contributed by atoms with Gasteiger partial charge in [0.2, 0.25) is 5.95 Å². The van der Waals surface area contributed by atoms with Crippen molar-refractivity contribution in [3.8, 4) is 5.75 Å². The number of hydrogen-bond donors (Lipinski definition) is 3. The second-order valence-electron chi connectivity index (χ2n) is 7.61. The summed E-state index contributed by atoms with van der Waals surface area (Å²) in [6.45, 7) is 5.73. The number of aromatic nitrogens is 2. The standard InChI is InChI=1S/C24H28N6O/c1-5-16-15-26-24(29-23(16)27-19-8-6-7-9-21(19)30(2)3)28-20-12-18-14-25-11-10-17(18)13-22(20)31-4/h5-9,12-13,15,25H,1,10-11,14H2,2-4H3,(H2,26,27,28,29). The second kappa shape index (κ2) is 9.06. The molecule has 0 spiro atoms. The maximum absolute atomic E-state index is 5.62. The first kappa shape index (κ1) is 20.7. The average molecular weight is 417 g/mol. The van der Waals surface area contributed by atoms with Gasteiger partial charge in [-0.2, -0.15) is 4.98 Å². The van der Waals surface area contributed by atoms with Gasteiger partial charge in [0.25, 0.3) is 0 Å². The summed E-state index contributed by atoms with van der Waals surface area (Å²) in [7, 11) is 5.71. The van der Waals surface area contributed by atoms with Gasteiger partial charge >= 0.3 is 0 Å². The van der Waals surface area contributed by atoms with Gasteiger partial charge in [-0.15, -0.1) is 0 Å². The third-order valence-electron chi connectivity index (χ3n) is 5.33. The van der Waals surface area contributed by atoms with Crippen molar-refractivity contribution < 1.29 is 4.74 Å². The van der Waals surface area contributed by atoms with Crippen LogP contribution >= 0.6 is 0 Å². The molecule has 7 nitrogen and oxygen atoms in total. The molecule has 7 heteroatoms. The number of nitrogens with one attached hydrogen (secondary N) is 3. The normalized spacial score (nSPS) is 12.6. The number of anilines is 5. The van der Waals surface area contributed by atoms with E-state index in [0.29, 0.717) is 11.8 Å². The molecule has 3 N–H and O–H groups in total. The van der Waals surface area contributed by atoms with Crippen molar-refractivity contribution in [3.63, 3.8) is 0 Å². The molecule has 4 rings (SSSR count). The van der Waals surface area contributed by atoms with Gasteiger partial charge in [0.05, 0.1) is 24.2 Å². The Morgan fingerprint density at radius 1 is 1.13 bits per heavy atom. The molecule has 160 valence electrons. The molecule has 1 aliphatic heterocycles. The fourth-order valence-electron chi connectivity index (χ4n) is 3.69. The van der Waals surface area contributed by atoms with Crippen molar-refractivity contribution >= 4 is 34.9 Å². The topological polar surface area (TPSA) is 74.3 Å². The smallest absolute Gasteiger partial charge is 0.229 e. The molecule has 31 heavy (non-hydrogen) atoms. The predicted octanol–water partition coefficient (Wildman–Crippen LogP) is 4.33. The lowest BCUT2D eigenvalue weighted by Gasteiger charge is -2.21. The number of nitrogens with zero attached hydrogens (tertiary/aromatic N) is 3. The fraction of sp³-hybridized carbons (Fsp3) is 0.250. The summed E-state index contributed by atoms with van der Waals surface area (Å²) >= 11 is 0. The number of fused-ring (bicyclic) bond motifs is 1. The molecule has 2 aromatic carbocycles. The zero-order chi connectivity index (χ0) is 21.8. The Balaban J connectivity index is 1.66. The summed E-state index contributed by atoms with van der Waals surface area (Å²) in [4.78, 5) is 11.3. The van der Waals surface area contributed by atoms with E-state index in [2.05, 4.69) is 50.6 Å². The maximum Gasteiger partial charge on any atom is 0.229 e. The van der Waals surface area contributed by atoms with E-state index in [9.17, 15) is 0 Å². The highest BCUT2D eigenvalue weighted by Gasteiger charge is 2.15. The molecule has 0 amide bonds. The van der Waals surface area contributed by atoms with Crippen molar-refractivity contribution in [2.24, 2.45) is 0 Å². The van der Waals surface area contributed by atoms with Gasteiger partial charge in [0, 0.05) is 32.4 Å². The third kappa shape index (κ3) is 4.46. The summed E-state index contributed by atoms with van der Waals surface area (Å²) in [5.74, 6) is 1.95. The minimum Gasteiger partial charge on any atom is -0.495 e. The summed E-state index contributed by atoms with van der Waals surface area (Å²) in [6, 6.07) is 12.3. The largest absolute Gasteiger partial charge is 0.495 e. The third-order valence-corrected chi connectivity index (χ3v) is 5.33. The van der Waals surface area contributed by atoms with E-state index in [4.69, 9.17) is 9.72 Å². The van der Waals surface area contributed by atoms with E-state index in [1.54, 1.807) is 19.4 Å². The highest BCUT2D eigenvalue weighted by Crippen LogP contribution is 2.33. The molecule has 0 saturated heterocycles. The number of hydrogen-bond acceptors (Lipinski definition) is 7. The van der Waals surface area contributed by atoms with Gasteiger partial charge in [-0.3, -0.25) is 0 Å². The van der Waals surface area contributed by atoms with Gasteiger partial charge in [-0.1, -0.05) is 24.8 Å². The van der Waals surface area contributed by atoms with E-state index in [-0.39, 0.29) is 0 Å². The summed E-state index contributed by atoms with van der Waals surface area (Å²) in [5, 5.41) is 10.2. The lowest BCUT2D eigenvalue weighted by molar-refractivity contribution is 0.415. The van der Waals surface area contributed by atoms with Crippen LogP contribution in [0.1, 0.15) is 16.7 Å². The molecule has 3 aromatic rings. The molecule has 0 atom stereocenters. The Labute approximate surface area is 183 Å². The van der Waals surface area contributed by atoms with Crippen LogP contribution in [0.15, 0.2) is 49.2 Å². The van der Waals surface area contributed by atoms with Crippen LogP contribution in [0.2, 0.25) is 0 Å². The Kier molecular flexibility index (Phi) is 6.04. The average Bonchev–Trinajstić information content (AvgIpc) is 2.79. The first-order chi connectivity index (χ1) is 15.1. The van der Waals surface area contributed by atoms with Crippen LogP contribution in [0, 0.1) is 0 Å². The minimum absolute atomic E-state index is 0.484. The van der Waals surface area contributed by atoms with Crippen molar-refractivity contribution in [3.05, 3.63) is 65.9 Å². The van der Waals surface area contributed by atoms with Crippen LogP contribution in [0.3, 0.4) is 0 Å². The minimum atomic E-state index is 0.484. The number of para-hydroxylation sites is 2. The van der Waals surface area contributed by atoms with Gasteiger partial charge in [-0.05, 0) is 48.4 Å². The Morgan fingerprint density at radius 3 is 2.74 bits per heavy atom. The first-order valence-electron chi connectivity index (χ1n) is 10.3. The molecule has 0 saturated carbocycles. The zero-order valence-corrected chi connectivity index (χ0v) is 18.2. The monoisotopic (exact) mass is 416 g/mol. The molecule has 0 bridgehead atoms. The van der Waals surface area contributed by atoms with E-state index < -0.39 is 0 Å². The van der Waals surface area contributed by atoms with Crippen LogP contribution in [0.25, 0.3) is 6.08 Å². The van der Waals surface area contributed by atoms with E-state index in [1.165, 1.54) is 11.1 Å². The Hall–Kier alpha value is -3.58. The number of benzene rings is 2. The first-order valence-corrected chi connectivity index (χ1v) is 10.3. The van der Waals surface area contributed by atoms with Crippen molar-refractivity contribution in [1.29, 1.82) is 0 Å². The summed E-state index contributed by atoms with van der Waals surface area (Å²) in [5.41, 5.74) is 6.26. The molecule has 0 radical (unpaired) electrons. The number of rotatable bonds is 7. The number of methoxy groups -OCH3 is 1. The lowest BCUT2D eigenvalue weighted by Crippen LogP contribution is -2.23. The number of ether oxygens (including phenoxy) is 1. The molecule has 1 aromatic heterocycles. The second-order valence-corrected chi connectivity index (χ2v) is 7.61. The van der Waals surface area contributed by atoms with Crippen LogP contribution in [-0.4, -0.2) is 37.7 Å². The SMILES string of the molecule is C=Cc1cnc(Nc2cc3c(cc2OC)CCNC3)nc1Nc1ccccc1N(C)C. The lowest BCUT2D eigenvalue weighted by atomic mass is 10.00. The van der Waals surface area contributed by atoms with Crippen molar-refractivity contribution in [2.45, 2.75) is 13.0 Å². The van der Waals surface area contributed by atoms with Crippen LogP contribution in [0.4, 0.5) is 28.8 Å². The molecule has 2 heterocycles. The van der Waals surface area contributed by atoms with E-state index in [0.717, 1.165) is 47.9 Å². The molecule has 1 aliphatic rings. The van der Waals surface area contributed by atoms with Crippen LogP contribution < -0.4 is 25.6 Å². The van der Waals surface area contributed by atoms with Gasteiger partial charge in [-0.25, -0.2) is 4.98 Å². The maximum atomic E-state index is 5.62. The molecule has 0 unspecified atom stereocenters. The Morgan fingerprint density at radius 2 is 1.97 bits per heavy atom. The zero-order valence-electron chi connectivity index (χ0n) is 18.2. The molecule has 0 fully saturated rings. The molecular weight excluding hydrogens is 388 g/mol. The van der Waals surface area contributed by atoms with Crippen LogP contribution in [0.5, 0.6) is 5.75 Å². The quantitative estimate of drug-likeness (QED) is 0.529. The van der Waals surface area contributed by atoms with E-state index >= 15 is 0 Å². The van der Waals surface area contributed by atoms with Crippen molar-refractivity contribution in [2.75, 3.05) is 43.3 Å². The fourth-order valence-corrected chi connectivity index (χ4v) is 3.69. The highest BCUT2D eigenvalue weighted by molar-refractivity contribution is 5.77. The summed E-state index contributed by atoms with van der Waals surface area (Å²) < 4.78 is 5.62. The predicted molar refractivity (Wildman–Crippen MR) is 128 cm³/mol. The Bertz CT molecular complexity index is 1100. The van der Waals surface area contributed by atoms with Gasteiger partial charge < -0.3 is 25.6 Å². The molecule has 0 aliphatic carbocycles.